The van der Waals surface area contributed by atoms with Crippen LogP contribution in [0.25, 0.3) is 10.9 Å². The molecule has 2 rings (SSSR count). The second-order valence-electron chi connectivity index (χ2n) is 3.09. The molecular weight excluding hydrogens is 181 g/mol. The van der Waals surface area contributed by atoms with Crippen molar-refractivity contribution in [2.24, 2.45) is 0 Å². The molecule has 2 aromatic rings. The second kappa shape index (κ2) is 3.70. The van der Waals surface area contributed by atoms with E-state index in [1.807, 2.05) is 35.0 Å². The van der Waals surface area contributed by atoms with Crippen LogP contribution in [-0.4, -0.2) is 18.4 Å². The predicted octanol–water partition coefficient (Wildman–Crippen LogP) is 2.62. The maximum Gasteiger partial charge on any atom is 0.128 e. The molecule has 0 N–H and O–H groups in total. The highest BCUT2D eigenvalue weighted by atomic mass is 19.1. The van der Waals surface area contributed by atoms with Crippen LogP contribution in [0.15, 0.2) is 30.5 Å². The number of hydrogen-bond acceptors (Lipinski definition) is 1. The zero-order valence-electron chi connectivity index (χ0n) is 8.03. The monoisotopic (exact) mass is 193 g/mol. The molecular formula is C11H12FNO. The molecule has 0 saturated carbocycles. The summed E-state index contributed by atoms with van der Waals surface area (Å²) in [5.74, 6) is 0.833. The van der Waals surface area contributed by atoms with Gasteiger partial charge in [0.2, 0.25) is 0 Å². The van der Waals surface area contributed by atoms with Crippen molar-refractivity contribution in [1.82, 2.24) is 4.57 Å². The van der Waals surface area contributed by atoms with Crippen LogP contribution in [0.1, 0.15) is 0 Å². The number of benzene rings is 1. The number of hydrogen-bond donors (Lipinski definition) is 0. The lowest BCUT2D eigenvalue weighted by atomic mass is 10.2. The molecule has 0 unspecified atom stereocenters. The van der Waals surface area contributed by atoms with Crippen LogP contribution in [0.2, 0.25) is 0 Å². The molecule has 2 nitrogen and oxygen atoms in total. The van der Waals surface area contributed by atoms with Crippen molar-refractivity contribution in [2.75, 3.05) is 13.8 Å². The van der Waals surface area contributed by atoms with Crippen LogP contribution in [0.3, 0.4) is 0 Å². The fraction of sp³-hybridized carbons (Fsp3) is 0.273. The van der Waals surface area contributed by atoms with Gasteiger partial charge in [0.15, 0.2) is 0 Å². The first-order valence-electron chi connectivity index (χ1n) is 4.54. The van der Waals surface area contributed by atoms with E-state index in [0.717, 1.165) is 16.7 Å². The molecule has 0 amide bonds. The first-order valence-corrected chi connectivity index (χ1v) is 4.54. The van der Waals surface area contributed by atoms with Gasteiger partial charge < -0.3 is 9.30 Å². The van der Waals surface area contributed by atoms with Gasteiger partial charge in [-0.25, -0.2) is 4.39 Å². The number of aromatic nitrogens is 1. The number of aryl methyl sites for hydroxylation is 1. The Morgan fingerprint density at radius 1 is 1.36 bits per heavy atom. The summed E-state index contributed by atoms with van der Waals surface area (Å²) in [6.45, 7) is 0.0532. The first-order chi connectivity index (χ1) is 6.86. The lowest BCUT2D eigenvalue weighted by molar-refractivity contribution is 0.419. The van der Waals surface area contributed by atoms with Crippen molar-refractivity contribution in [3.8, 4) is 5.75 Å². The quantitative estimate of drug-likeness (QED) is 0.730. The van der Waals surface area contributed by atoms with Gasteiger partial charge in [-0.1, -0.05) is 6.07 Å². The van der Waals surface area contributed by atoms with Crippen molar-refractivity contribution in [2.45, 2.75) is 6.54 Å². The molecule has 0 aliphatic carbocycles. The SMILES string of the molecule is COc1cccc2c1ccn2CCF. The summed E-state index contributed by atoms with van der Waals surface area (Å²) < 4.78 is 19.3. The summed E-state index contributed by atoms with van der Waals surface area (Å²) in [5, 5.41) is 1.03. The Kier molecular flexibility index (Phi) is 2.39. The second-order valence-corrected chi connectivity index (χ2v) is 3.09. The minimum atomic E-state index is -0.346. The van der Waals surface area contributed by atoms with Crippen molar-refractivity contribution in [3.63, 3.8) is 0 Å². The van der Waals surface area contributed by atoms with E-state index in [9.17, 15) is 4.39 Å². The molecule has 1 aromatic heterocycles. The summed E-state index contributed by atoms with van der Waals surface area (Å²) in [7, 11) is 1.64. The highest BCUT2D eigenvalue weighted by molar-refractivity contribution is 5.86. The van der Waals surface area contributed by atoms with Gasteiger partial charge in [0.05, 0.1) is 19.2 Å². The Labute approximate surface area is 81.9 Å². The van der Waals surface area contributed by atoms with E-state index in [4.69, 9.17) is 4.74 Å². The van der Waals surface area contributed by atoms with Gasteiger partial charge in [0.1, 0.15) is 12.4 Å². The maximum absolute atomic E-state index is 12.2. The van der Waals surface area contributed by atoms with E-state index < -0.39 is 0 Å². The zero-order chi connectivity index (χ0) is 9.97. The smallest absolute Gasteiger partial charge is 0.128 e. The molecule has 74 valence electrons. The number of rotatable bonds is 3. The highest BCUT2D eigenvalue weighted by Gasteiger charge is 2.04. The lowest BCUT2D eigenvalue weighted by Gasteiger charge is -2.04. The van der Waals surface area contributed by atoms with Gasteiger partial charge in [-0.3, -0.25) is 0 Å². The summed E-state index contributed by atoms with van der Waals surface area (Å²) in [5.41, 5.74) is 1.02. The third-order valence-electron chi connectivity index (χ3n) is 2.32. The van der Waals surface area contributed by atoms with E-state index in [1.165, 1.54) is 0 Å². The average molecular weight is 193 g/mol. The van der Waals surface area contributed by atoms with Gasteiger partial charge in [0, 0.05) is 11.6 Å². The molecule has 3 heteroatoms. The van der Waals surface area contributed by atoms with Crippen molar-refractivity contribution < 1.29 is 9.13 Å². The number of ether oxygens (including phenoxy) is 1. The van der Waals surface area contributed by atoms with Gasteiger partial charge in [-0.2, -0.15) is 0 Å². The molecule has 0 saturated heterocycles. The molecule has 0 aliphatic heterocycles. The molecule has 0 spiro atoms. The molecule has 0 fully saturated rings. The van der Waals surface area contributed by atoms with Crippen LogP contribution < -0.4 is 4.74 Å². The van der Waals surface area contributed by atoms with E-state index in [2.05, 4.69) is 0 Å². The summed E-state index contributed by atoms with van der Waals surface area (Å²) >= 11 is 0. The lowest BCUT2D eigenvalue weighted by Crippen LogP contribution is -1.96. The number of methoxy groups -OCH3 is 1. The van der Waals surface area contributed by atoms with Gasteiger partial charge in [-0.15, -0.1) is 0 Å². The predicted molar refractivity (Wildman–Crippen MR) is 54.5 cm³/mol. The molecule has 1 aromatic carbocycles. The Balaban J connectivity index is 2.57. The molecule has 1 heterocycles. The number of alkyl halides is 1. The van der Waals surface area contributed by atoms with Gasteiger partial charge in [-0.05, 0) is 18.2 Å². The van der Waals surface area contributed by atoms with E-state index in [0.29, 0.717) is 6.54 Å². The molecule has 14 heavy (non-hydrogen) atoms. The molecule has 0 bridgehead atoms. The number of halogens is 1. The third-order valence-corrected chi connectivity index (χ3v) is 2.32. The van der Waals surface area contributed by atoms with E-state index in [1.54, 1.807) is 7.11 Å². The van der Waals surface area contributed by atoms with Crippen molar-refractivity contribution >= 4 is 10.9 Å². The first kappa shape index (κ1) is 9.06. The fourth-order valence-corrected chi connectivity index (χ4v) is 1.66. The summed E-state index contributed by atoms with van der Waals surface area (Å²) in [6.07, 6.45) is 1.88. The maximum atomic E-state index is 12.2. The fourth-order valence-electron chi connectivity index (χ4n) is 1.66. The van der Waals surface area contributed by atoms with Gasteiger partial charge in [0.25, 0.3) is 0 Å². The highest BCUT2D eigenvalue weighted by Crippen LogP contribution is 2.25. The van der Waals surface area contributed by atoms with Crippen LogP contribution in [0.4, 0.5) is 4.39 Å². The van der Waals surface area contributed by atoms with Crippen LogP contribution in [-0.2, 0) is 6.54 Å². The molecule has 0 aliphatic rings. The average Bonchev–Trinajstić information content (AvgIpc) is 2.62. The van der Waals surface area contributed by atoms with E-state index >= 15 is 0 Å². The Hall–Kier alpha value is -1.51. The summed E-state index contributed by atoms with van der Waals surface area (Å²) in [6, 6.07) is 7.73. The normalized spacial score (nSPS) is 10.7. The van der Waals surface area contributed by atoms with Crippen molar-refractivity contribution in [3.05, 3.63) is 30.5 Å². The van der Waals surface area contributed by atoms with Gasteiger partial charge >= 0.3 is 0 Å². The standard InChI is InChI=1S/C11H12FNO/c1-14-11-4-2-3-10-9(11)5-7-13(10)8-6-12/h2-5,7H,6,8H2,1H3. The molecule has 0 atom stereocenters. The Morgan fingerprint density at radius 3 is 2.93 bits per heavy atom. The largest absolute Gasteiger partial charge is 0.496 e. The third kappa shape index (κ3) is 1.35. The number of nitrogens with zero attached hydrogens (tertiary/aromatic N) is 1. The molecule has 0 radical (unpaired) electrons. The zero-order valence-corrected chi connectivity index (χ0v) is 8.03. The Bertz CT molecular complexity index is 436. The minimum Gasteiger partial charge on any atom is -0.496 e. The summed E-state index contributed by atoms with van der Waals surface area (Å²) in [4.78, 5) is 0. The van der Waals surface area contributed by atoms with Crippen LogP contribution in [0, 0.1) is 0 Å². The minimum absolute atomic E-state index is 0.346. The van der Waals surface area contributed by atoms with E-state index in [-0.39, 0.29) is 6.67 Å². The topological polar surface area (TPSA) is 14.2 Å². The van der Waals surface area contributed by atoms with Crippen LogP contribution in [0.5, 0.6) is 5.75 Å². The van der Waals surface area contributed by atoms with Crippen molar-refractivity contribution in [1.29, 1.82) is 0 Å². The number of fused-ring (bicyclic) bond motifs is 1. The van der Waals surface area contributed by atoms with Crippen LogP contribution >= 0.6 is 0 Å². The Morgan fingerprint density at radius 2 is 2.21 bits per heavy atom.